The van der Waals surface area contributed by atoms with E-state index in [1.165, 1.54) is 6.33 Å². The zero-order chi connectivity index (χ0) is 19.5. The van der Waals surface area contributed by atoms with E-state index >= 15 is 0 Å². The highest BCUT2D eigenvalue weighted by molar-refractivity contribution is 5.86. The van der Waals surface area contributed by atoms with Crippen molar-refractivity contribution in [3.63, 3.8) is 0 Å². The monoisotopic (exact) mass is 389 g/mol. The summed E-state index contributed by atoms with van der Waals surface area (Å²) in [6.45, 7) is 3.60. The van der Waals surface area contributed by atoms with E-state index in [2.05, 4.69) is 30.1 Å². The minimum atomic E-state index is -2.55. The summed E-state index contributed by atoms with van der Waals surface area (Å²) in [5.41, 5.74) is 2.63. The van der Waals surface area contributed by atoms with Gasteiger partial charge in [0.1, 0.15) is 6.33 Å². The van der Waals surface area contributed by atoms with Gasteiger partial charge in [0.05, 0.1) is 16.6 Å². The average Bonchev–Trinajstić information content (AvgIpc) is 3.11. The Kier molecular flexibility index (Phi) is 5.29. The van der Waals surface area contributed by atoms with Gasteiger partial charge in [-0.15, -0.1) is 5.10 Å². The molecule has 10 heteroatoms. The summed E-state index contributed by atoms with van der Waals surface area (Å²) >= 11 is 0. The van der Waals surface area contributed by atoms with Crippen molar-refractivity contribution in [3.8, 4) is 5.88 Å². The van der Waals surface area contributed by atoms with E-state index in [9.17, 15) is 8.78 Å². The number of aromatic nitrogens is 5. The highest BCUT2D eigenvalue weighted by Gasteiger charge is 2.19. The van der Waals surface area contributed by atoms with Crippen LogP contribution in [0.15, 0.2) is 30.7 Å². The molecule has 0 N–H and O–H groups in total. The van der Waals surface area contributed by atoms with Crippen LogP contribution in [0.3, 0.4) is 0 Å². The zero-order valence-corrected chi connectivity index (χ0v) is 15.5. The van der Waals surface area contributed by atoms with Crippen molar-refractivity contribution in [2.75, 3.05) is 37.7 Å². The Balaban J connectivity index is 1.45. The fourth-order valence-corrected chi connectivity index (χ4v) is 3.34. The lowest BCUT2D eigenvalue weighted by atomic mass is 10.2. The zero-order valence-electron chi connectivity index (χ0n) is 15.5. The molecule has 0 saturated carbocycles. The number of alkyl halides is 2. The van der Waals surface area contributed by atoms with E-state index in [4.69, 9.17) is 4.74 Å². The lowest BCUT2D eigenvalue weighted by Crippen LogP contribution is -2.46. The van der Waals surface area contributed by atoms with Crippen molar-refractivity contribution in [3.05, 3.63) is 36.4 Å². The number of hydrogen-bond donors (Lipinski definition) is 0. The van der Waals surface area contributed by atoms with Crippen LogP contribution in [-0.2, 0) is 13.6 Å². The van der Waals surface area contributed by atoms with Gasteiger partial charge in [-0.25, -0.2) is 18.7 Å². The molecule has 1 saturated heterocycles. The van der Waals surface area contributed by atoms with Crippen LogP contribution >= 0.6 is 0 Å². The van der Waals surface area contributed by atoms with Crippen LogP contribution in [0.2, 0.25) is 0 Å². The predicted octanol–water partition coefficient (Wildman–Crippen LogP) is 1.72. The topological polar surface area (TPSA) is 72.2 Å². The molecule has 1 aliphatic rings. The van der Waals surface area contributed by atoms with Crippen LogP contribution in [0.1, 0.15) is 5.69 Å². The third-order valence-electron chi connectivity index (χ3n) is 4.70. The van der Waals surface area contributed by atoms with Gasteiger partial charge >= 0.3 is 0 Å². The molecule has 0 spiro atoms. The van der Waals surface area contributed by atoms with Gasteiger partial charge in [-0.1, -0.05) is 5.21 Å². The van der Waals surface area contributed by atoms with Crippen molar-refractivity contribution < 1.29 is 13.5 Å². The molecule has 1 aromatic carbocycles. The summed E-state index contributed by atoms with van der Waals surface area (Å²) in [7, 11) is 1.86. The van der Waals surface area contributed by atoms with Crippen LogP contribution in [0.5, 0.6) is 5.88 Å². The number of hydrogen-bond acceptors (Lipinski definition) is 7. The summed E-state index contributed by atoms with van der Waals surface area (Å²) in [6, 6.07) is 5.77. The lowest BCUT2D eigenvalue weighted by molar-refractivity contribution is 0.0804. The molecule has 1 aliphatic heterocycles. The Hall–Kier alpha value is -2.88. The van der Waals surface area contributed by atoms with Crippen LogP contribution in [0, 0.1) is 0 Å². The van der Waals surface area contributed by atoms with Gasteiger partial charge in [-0.2, -0.15) is 0 Å². The van der Waals surface area contributed by atoms with Gasteiger partial charge in [-0.3, -0.25) is 9.58 Å². The highest BCUT2D eigenvalue weighted by Crippen LogP contribution is 2.27. The van der Waals surface area contributed by atoms with Crippen molar-refractivity contribution in [2.24, 2.45) is 7.05 Å². The fraction of sp³-hybridized carbons (Fsp3) is 0.444. The lowest BCUT2D eigenvalue weighted by Gasteiger charge is -2.35. The smallest absolute Gasteiger partial charge is 0.272 e. The number of anilines is 1. The summed E-state index contributed by atoms with van der Waals surface area (Å²) in [5, 5.41) is 8.75. The Morgan fingerprint density at radius 3 is 2.68 bits per heavy atom. The van der Waals surface area contributed by atoms with Gasteiger partial charge in [-0.05, 0) is 18.2 Å². The first-order chi connectivity index (χ1) is 13.6. The Labute approximate surface area is 160 Å². The normalized spacial score (nSPS) is 15.5. The maximum atomic E-state index is 12.5. The van der Waals surface area contributed by atoms with Gasteiger partial charge in [0.25, 0.3) is 6.43 Å². The molecule has 1 fully saturated rings. The molecule has 4 rings (SSSR count). The molecule has 148 valence electrons. The molecule has 0 unspecified atom stereocenters. The molecule has 28 heavy (non-hydrogen) atoms. The number of halogens is 2. The molecular weight excluding hydrogens is 368 g/mol. The first-order valence-electron chi connectivity index (χ1n) is 9.07. The second-order valence-electron chi connectivity index (χ2n) is 6.73. The summed E-state index contributed by atoms with van der Waals surface area (Å²) in [6.07, 6.45) is 0.709. The summed E-state index contributed by atoms with van der Waals surface area (Å²) in [4.78, 5) is 12.8. The van der Waals surface area contributed by atoms with E-state index in [0.29, 0.717) is 10.9 Å². The predicted molar refractivity (Wildman–Crippen MR) is 99.5 cm³/mol. The maximum absolute atomic E-state index is 12.5. The first kappa shape index (κ1) is 18.5. The van der Waals surface area contributed by atoms with E-state index in [1.807, 2.05) is 31.4 Å². The van der Waals surface area contributed by atoms with Crippen molar-refractivity contribution >= 4 is 16.6 Å². The molecule has 0 bridgehead atoms. The van der Waals surface area contributed by atoms with Gasteiger partial charge in [0, 0.05) is 51.7 Å². The molecule has 2 aromatic heterocycles. The maximum Gasteiger partial charge on any atom is 0.272 e. The second-order valence-corrected chi connectivity index (χ2v) is 6.73. The van der Waals surface area contributed by atoms with Gasteiger partial charge < -0.3 is 9.64 Å². The molecular formula is C18H21F2N7O. The number of ether oxygens (including phenoxy) is 1. The molecule has 8 nitrogen and oxygen atoms in total. The molecule has 3 heterocycles. The first-order valence-corrected chi connectivity index (χ1v) is 9.07. The minimum Gasteiger partial charge on any atom is -0.471 e. The third-order valence-corrected chi connectivity index (χ3v) is 4.70. The van der Waals surface area contributed by atoms with Crippen molar-refractivity contribution in [1.82, 2.24) is 29.9 Å². The van der Waals surface area contributed by atoms with E-state index in [1.54, 1.807) is 4.68 Å². The molecule has 0 atom stereocenters. The number of piperazine rings is 1. The standard InChI is InChI=1S/C18H21F2N7O/c1-25-9-13(23-24-25)10-26-4-6-27(7-5-26)14-2-3-16-15(8-14)18(22-12-21-16)28-11-17(19)20/h2-3,8-9,12,17H,4-7,10-11H2,1H3. The third kappa shape index (κ3) is 4.16. The van der Waals surface area contributed by atoms with Crippen molar-refractivity contribution in [1.29, 1.82) is 0 Å². The van der Waals surface area contributed by atoms with E-state index < -0.39 is 13.0 Å². The van der Waals surface area contributed by atoms with E-state index in [-0.39, 0.29) is 5.88 Å². The highest BCUT2D eigenvalue weighted by atomic mass is 19.3. The quantitative estimate of drug-likeness (QED) is 0.636. The molecule has 0 radical (unpaired) electrons. The van der Waals surface area contributed by atoms with Gasteiger partial charge in [0.2, 0.25) is 5.88 Å². The van der Waals surface area contributed by atoms with Crippen LogP contribution < -0.4 is 9.64 Å². The Morgan fingerprint density at radius 2 is 1.96 bits per heavy atom. The minimum absolute atomic E-state index is 0.188. The van der Waals surface area contributed by atoms with Gasteiger partial charge in [0.15, 0.2) is 6.61 Å². The van der Waals surface area contributed by atoms with Crippen LogP contribution in [0.25, 0.3) is 10.9 Å². The number of aryl methyl sites for hydroxylation is 1. The largest absolute Gasteiger partial charge is 0.471 e. The summed E-state index contributed by atoms with van der Waals surface area (Å²) in [5.74, 6) is 0.188. The Morgan fingerprint density at radius 1 is 1.14 bits per heavy atom. The summed E-state index contributed by atoms with van der Waals surface area (Å²) < 4.78 is 31.9. The molecule has 0 aliphatic carbocycles. The SMILES string of the molecule is Cn1cc(CN2CCN(c3ccc4ncnc(OCC(F)F)c4c3)CC2)nn1. The second kappa shape index (κ2) is 8.01. The number of rotatable bonds is 6. The van der Waals surface area contributed by atoms with Crippen LogP contribution in [0.4, 0.5) is 14.5 Å². The Bertz CT molecular complexity index is 941. The number of nitrogens with zero attached hydrogens (tertiary/aromatic N) is 7. The fourth-order valence-electron chi connectivity index (χ4n) is 3.34. The molecule has 0 amide bonds. The number of fused-ring (bicyclic) bond motifs is 1. The van der Waals surface area contributed by atoms with E-state index in [0.717, 1.165) is 44.1 Å². The van der Waals surface area contributed by atoms with Crippen molar-refractivity contribution in [2.45, 2.75) is 13.0 Å². The number of benzene rings is 1. The average molecular weight is 389 g/mol. The molecule has 3 aromatic rings. The van der Waals surface area contributed by atoms with Crippen LogP contribution in [-0.4, -0.2) is 69.1 Å².